The van der Waals surface area contributed by atoms with Crippen molar-refractivity contribution in [3.05, 3.63) is 154 Å². The summed E-state index contributed by atoms with van der Waals surface area (Å²) in [5.41, 5.74) is 0.544. The van der Waals surface area contributed by atoms with Crippen LogP contribution >= 0.6 is 0 Å². The number of benzene rings is 4. The fraction of sp³-hybridized carbons (Fsp3) is 0. The van der Waals surface area contributed by atoms with Crippen molar-refractivity contribution < 1.29 is 19.8 Å². The normalized spacial score (nSPS) is 10.4. The summed E-state index contributed by atoms with van der Waals surface area (Å²) < 4.78 is 0. The maximum Gasteiger partial charge on any atom is 2.00 e. The average Bonchev–Trinajstić information content (AvgIpc) is 3.24. The van der Waals surface area contributed by atoms with E-state index in [-0.39, 0.29) is 59.7 Å². The maximum atomic E-state index is 12.6. The van der Waals surface area contributed by atoms with Crippen LogP contribution in [0.2, 0.25) is 0 Å². The molecule has 0 unspecified atom stereocenters. The first-order chi connectivity index (χ1) is 20.2. The van der Waals surface area contributed by atoms with Gasteiger partial charge in [0.05, 0.1) is 11.9 Å². The van der Waals surface area contributed by atoms with Gasteiger partial charge in [0.1, 0.15) is 0 Å². The van der Waals surface area contributed by atoms with Crippen molar-refractivity contribution in [1.82, 2.24) is 0 Å². The van der Waals surface area contributed by atoms with Crippen LogP contribution in [0, 0.1) is 0 Å². The van der Waals surface area contributed by atoms with Gasteiger partial charge in [0, 0.05) is 21.5 Å². The van der Waals surface area contributed by atoms with Gasteiger partial charge in [-0.15, -0.1) is 0 Å². The zero-order valence-corrected chi connectivity index (χ0v) is 25.2. The first kappa shape index (κ1) is 31.3. The smallest absolute Gasteiger partial charge is 0.545 e. The van der Waals surface area contributed by atoms with Crippen LogP contribution in [-0.2, 0) is 9.59 Å². The van der Waals surface area contributed by atoms with Gasteiger partial charge in [-0.1, -0.05) is 98.1 Å². The average molecular weight is 591 g/mol. The zero-order chi connectivity index (χ0) is 30.0. The molecular formula is C36H22CaO6. The van der Waals surface area contributed by atoms with Crippen LogP contribution in [0.1, 0.15) is 11.1 Å². The van der Waals surface area contributed by atoms with E-state index in [1.165, 1.54) is 0 Å². The molecule has 0 aliphatic carbocycles. The van der Waals surface area contributed by atoms with E-state index in [1.807, 2.05) is 60.7 Å². The molecule has 0 N–H and O–H groups in total. The fourth-order valence-electron chi connectivity index (χ4n) is 4.77. The van der Waals surface area contributed by atoms with Gasteiger partial charge in [-0.25, -0.2) is 0 Å². The first-order valence-corrected chi connectivity index (χ1v) is 12.9. The summed E-state index contributed by atoms with van der Waals surface area (Å²) in [6.45, 7) is 6.97. The Balaban J connectivity index is 0.000000192. The van der Waals surface area contributed by atoms with Crippen molar-refractivity contribution in [2.45, 2.75) is 0 Å². The zero-order valence-electron chi connectivity index (χ0n) is 23.0. The standard InChI is InChI=1S/2C18H12O3.Ca/c2*1-11(18(20)21)13-8-9-16-14(10-13)7-6-12-4-2-3-5-15(12)17(16)19;/h2*2-10H,1H2,(H,20,21);/q;;+2/p-2. The molecule has 0 heterocycles. The predicted octanol–water partition coefficient (Wildman–Crippen LogP) is 3.85. The molecule has 0 bridgehead atoms. The Morgan fingerprint density at radius 1 is 0.465 bits per heavy atom. The molecule has 0 atom stereocenters. The number of hydrogen-bond acceptors (Lipinski definition) is 6. The molecule has 6 rings (SSSR count). The van der Waals surface area contributed by atoms with E-state index in [1.54, 1.807) is 48.5 Å². The molecule has 0 amide bonds. The number of hydrogen-bond donors (Lipinski definition) is 0. The summed E-state index contributed by atoms with van der Waals surface area (Å²) in [5.74, 6) is -2.63. The van der Waals surface area contributed by atoms with E-state index in [2.05, 4.69) is 13.2 Å². The fourth-order valence-corrected chi connectivity index (χ4v) is 4.77. The van der Waals surface area contributed by atoms with Gasteiger partial charge in [0.25, 0.3) is 0 Å². The molecule has 204 valence electrons. The minimum atomic E-state index is -1.32. The van der Waals surface area contributed by atoms with Crippen molar-refractivity contribution in [2.75, 3.05) is 0 Å². The third-order valence-electron chi connectivity index (χ3n) is 7.08. The molecule has 0 fully saturated rings. The van der Waals surface area contributed by atoms with Crippen LogP contribution in [0.3, 0.4) is 0 Å². The number of carboxylic acid groups (broad SMARTS) is 2. The molecule has 7 heteroatoms. The molecule has 0 saturated carbocycles. The van der Waals surface area contributed by atoms with Gasteiger partial charge in [0.15, 0.2) is 10.9 Å². The summed E-state index contributed by atoms with van der Waals surface area (Å²) in [4.78, 5) is 46.9. The second kappa shape index (κ2) is 13.1. The van der Waals surface area contributed by atoms with Gasteiger partial charge >= 0.3 is 37.7 Å². The molecule has 6 nitrogen and oxygen atoms in total. The second-order valence-corrected chi connectivity index (χ2v) is 9.64. The van der Waals surface area contributed by atoms with E-state index >= 15 is 0 Å². The molecular weight excluding hydrogens is 568 g/mol. The van der Waals surface area contributed by atoms with Crippen molar-refractivity contribution in [2.24, 2.45) is 0 Å². The molecule has 43 heavy (non-hydrogen) atoms. The Morgan fingerprint density at radius 3 is 1.16 bits per heavy atom. The van der Waals surface area contributed by atoms with Gasteiger partial charge in [-0.05, 0) is 68.1 Å². The molecule has 0 radical (unpaired) electrons. The van der Waals surface area contributed by atoms with Crippen molar-refractivity contribution in [3.8, 4) is 0 Å². The third-order valence-corrected chi connectivity index (χ3v) is 7.08. The van der Waals surface area contributed by atoms with E-state index in [0.717, 1.165) is 10.8 Å². The van der Waals surface area contributed by atoms with Gasteiger partial charge in [-0.3, -0.25) is 9.59 Å². The molecule has 6 aromatic carbocycles. The van der Waals surface area contributed by atoms with Crippen LogP contribution < -0.4 is 21.1 Å². The molecule has 0 aliphatic heterocycles. The Bertz CT molecular complexity index is 2080. The van der Waals surface area contributed by atoms with Crippen molar-refractivity contribution in [1.29, 1.82) is 0 Å². The number of rotatable bonds is 4. The Morgan fingerprint density at radius 2 is 0.791 bits per heavy atom. The van der Waals surface area contributed by atoms with E-state index < -0.39 is 11.9 Å². The minimum absolute atomic E-state index is 0. The first-order valence-electron chi connectivity index (χ1n) is 12.9. The quantitative estimate of drug-likeness (QED) is 0.228. The molecule has 0 spiro atoms. The monoisotopic (exact) mass is 590 g/mol. The second-order valence-electron chi connectivity index (χ2n) is 9.64. The molecule has 0 saturated heterocycles. The molecule has 0 aromatic heterocycles. The van der Waals surface area contributed by atoms with Crippen LogP contribution in [0.4, 0.5) is 0 Å². The number of fused-ring (bicyclic) bond motifs is 4. The summed E-state index contributed by atoms with van der Waals surface area (Å²) in [7, 11) is 0. The van der Waals surface area contributed by atoms with Crippen molar-refractivity contribution >= 4 is 104 Å². The van der Waals surface area contributed by atoms with Gasteiger partial charge in [-0.2, -0.15) is 0 Å². The summed E-state index contributed by atoms with van der Waals surface area (Å²) in [5, 5.41) is 27.2. The SMILES string of the molecule is C=C(C(=O)[O-])c1ccc2c(=O)c3ccccc3ccc2c1.C=C(C(=O)[O-])c1ccc2c(=O)c3ccccc3ccc2c1.[Ca+2]. The summed E-state index contributed by atoms with van der Waals surface area (Å²) in [6.07, 6.45) is 0. The maximum absolute atomic E-state index is 12.6. The van der Waals surface area contributed by atoms with Crippen LogP contribution in [0.5, 0.6) is 0 Å². The van der Waals surface area contributed by atoms with Gasteiger partial charge < -0.3 is 19.8 Å². The van der Waals surface area contributed by atoms with Crippen molar-refractivity contribution in [3.63, 3.8) is 0 Å². The van der Waals surface area contributed by atoms with E-state index in [9.17, 15) is 29.4 Å². The Hall–Kier alpha value is -4.62. The largest absolute Gasteiger partial charge is 2.00 e. The predicted molar refractivity (Wildman–Crippen MR) is 169 cm³/mol. The third kappa shape index (κ3) is 6.42. The topological polar surface area (TPSA) is 114 Å². The summed E-state index contributed by atoms with van der Waals surface area (Å²) in [6, 6.07) is 31.7. The van der Waals surface area contributed by atoms with E-state index in [4.69, 9.17) is 0 Å². The number of carboxylic acids is 2. The molecule has 6 aromatic rings. The summed E-state index contributed by atoms with van der Waals surface area (Å²) >= 11 is 0. The number of carbonyl (C=O) groups excluding carboxylic acids is 2. The van der Waals surface area contributed by atoms with Crippen LogP contribution in [0.25, 0.3) is 54.2 Å². The minimum Gasteiger partial charge on any atom is -0.545 e. The van der Waals surface area contributed by atoms with Crippen LogP contribution in [-0.4, -0.2) is 49.7 Å². The van der Waals surface area contributed by atoms with E-state index in [0.29, 0.717) is 43.4 Å². The van der Waals surface area contributed by atoms with Crippen LogP contribution in [0.15, 0.2) is 132 Å². The van der Waals surface area contributed by atoms with Gasteiger partial charge in [0.2, 0.25) is 0 Å². The number of carbonyl (C=O) groups is 2. The Labute approximate surface area is 275 Å². The molecule has 0 aliphatic rings. The number of aliphatic carboxylic acids is 2. The Kier molecular flexibility index (Phi) is 9.56.